The van der Waals surface area contributed by atoms with Crippen LogP contribution in [0.25, 0.3) is 88.0 Å². The monoisotopic (exact) mass is 698 g/mol. The Kier molecular flexibility index (Phi) is 7.21. The highest BCUT2D eigenvalue weighted by Gasteiger charge is 2.31. The van der Waals surface area contributed by atoms with E-state index in [0.717, 1.165) is 27.8 Å². The molecule has 1 aromatic heterocycles. The first kappa shape index (κ1) is 31.3. The van der Waals surface area contributed by atoms with Gasteiger partial charge >= 0.3 is 0 Å². The van der Waals surface area contributed by atoms with E-state index in [1.807, 2.05) is 12.4 Å². The predicted octanol–water partition coefficient (Wildman–Crippen LogP) is 14.7. The highest BCUT2D eigenvalue weighted by molar-refractivity contribution is 6.28. The molecule has 0 aliphatic heterocycles. The van der Waals surface area contributed by atoms with Crippen molar-refractivity contribution in [1.82, 2.24) is 4.98 Å². The van der Waals surface area contributed by atoms with E-state index in [-0.39, 0.29) is 0 Å². The molecule has 1 heterocycles. The molecule has 0 radical (unpaired) electrons. The molecule has 1 aliphatic carbocycles. The third-order valence-electron chi connectivity index (χ3n) is 11.3. The largest absolute Gasteiger partial charge is 0.310 e. The fourth-order valence-electron chi connectivity index (χ4n) is 8.97. The number of fused-ring (bicyclic) bond motifs is 5. The molecule has 2 heteroatoms. The summed E-state index contributed by atoms with van der Waals surface area (Å²) in [5.74, 6) is 0. The summed E-state index contributed by atoms with van der Waals surface area (Å²) in [6, 6.07) is 70.6. The summed E-state index contributed by atoms with van der Waals surface area (Å²) < 4.78 is 0. The van der Waals surface area contributed by atoms with Gasteiger partial charge in [-0.25, -0.2) is 0 Å². The van der Waals surface area contributed by atoms with Crippen LogP contribution in [0.1, 0.15) is 0 Å². The van der Waals surface area contributed by atoms with E-state index in [4.69, 9.17) is 0 Å². The first-order valence-corrected chi connectivity index (χ1v) is 18.9. The Bertz CT molecular complexity index is 2980. The molecule has 0 atom stereocenters. The van der Waals surface area contributed by atoms with E-state index in [9.17, 15) is 0 Å². The van der Waals surface area contributed by atoms with Gasteiger partial charge in [-0.15, -0.1) is 0 Å². The lowest BCUT2D eigenvalue weighted by Crippen LogP contribution is -2.10. The lowest BCUT2D eigenvalue weighted by Gasteiger charge is -2.27. The van der Waals surface area contributed by atoms with Crippen LogP contribution in [0.5, 0.6) is 0 Å². The minimum absolute atomic E-state index is 1.09. The molecule has 0 fully saturated rings. The number of rotatable bonds is 6. The lowest BCUT2D eigenvalue weighted by molar-refractivity contribution is 1.29. The number of benzene rings is 9. The van der Waals surface area contributed by atoms with Crippen LogP contribution in [-0.4, -0.2) is 4.98 Å². The van der Waals surface area contributed by atoms with Crippen LogP contribution in [0.2, 0.25) is 0 Å². The first-order chi connectivity index (χ1) is 27.3. The zero-order valence-electron chi connectivity index (χ0n) is 30.0. The highest BCUT2D eigenvalue weighted by atomic mass is 15.1. The number of anilines is 3. The number of hydrogen-bond donors (Lipinski definition) is 0. The van der Waals surface area contributed by atoms with Gasteiger partial charge in [-0.05, 0) is 119 Å². The highest BCUT2D eigenvalue weighted by Crippen LogP contribution is 2.58. The Hall–Kier alpha value is -7.29. The van der Waals surface area contributed by atoms with Crippen molar-refractivity contribution in [2.45, 2.75) is 0 Å². The standard InChI is InChI=1S/C53H34N2/c1-4-15-36(16-5-1)49-43-24-10-11-25-44(43)50(37-17-6-2-7-18-37)53-46-30-29-41(42-26-14-27-45(51(42)46)52(49)53)38-20-12-23-40(33-38)55(39-21-8-3-9-22-39)48-28-13-19-35-31-32-54-34-47(35)48/h1-34H. The van der Waals surface area contributed by atoms with Gasteiger partial charge in [0.05, 0.1) is 5.69 Å². The Balaban J connectivity index is 1.16. The summed E-state index contributed by atoms with van der Waals surface area (Å²) >= 11 is 0. The molecule has 0 saturated carbocycles. The molecule has 0 amide bonds. The maximum Gasteiger partial charge on any atom is 0.0555 e. The number of para-hydroxylation sites is 1. The van der Waals surface area contributed by atoms with Gasteiger partial charge in [0.15, 0.2) is 0 Å². The van der Waals surface area contributed by atoms with Gasteiger partial charge in [0.1, 0.15) is 0 Å². The van der Waals surface area contributed by atoms with Crippen LogP contribution in [0.4, 0.5) is 17.1 Å². The van der Waals surface area contributed by atoms with E-state index in [1.54, 1.807) is 0 Å². The van der Waals surface area contributed by atoms with Crippen molar-refractivity contribution >= 4 is 49.4 Å². The van der Waals surface area contributed by atoms with Crippen molar-refractivity contribution in [3.63, 3.8) is 0 Å². The maximum atomic E-state index is 4.52. The van der Waals surface area contributed by atoms with Crippen molar-refractivity contribution in [3.8, 4) is 55.6 Å². The predicted molar refractivity (Wildman–Crippen MR) is 232 cm³/mol. The van der Waals surface area contributed by atoms with Crippen LogP contribution in [0.15, 0.2) is 207 Å². The summed E-state index contributed by atoms with van der Waals surface area (Å²) in [5, 5.41) is 7.38. The van der Waals surface area contributed by atoms with Gasteiger partial charge < -0.3 is 4.90 Å². The third-order valence-corrected chi connectivity index (χ3v) is 11.3. The van der Waals surface area contributed by atoms with Crippen molar-refractivity contribution in [1.29, 1.82) is 0 Å². The van der Waals surface area contributed by atoms with Crippen molar-refractivity contribution in [2.75, 3.05) is 4.90 Å². The Morgan fingerprint density at radius 2 is 0.891 bits per heavy atom. The van der Waals surface area contributed by atoms with Gasteiger partial charge in [0.25, 0.3) is 0 Å². The van der Waals surface area contributed by atoms with Crippen molar-refractivity contribution in [3.05, 3.63) is 207 Å². The van der Waals surface area contributed by atoms with Gasteiger partial charge in [-0.3, -0.25) is 4.98 Å². The van der Waals surface area contributed by atoms with Crippen LogP contribution in [-0.2, 0) is 0 Å². The first-order valence-electron chi connectivity index (χ1n) is 18.9. The van der Waals surface area contributed by atoms with Crippen molar-refractivity contribution in [2.24, 2.45) is 0 Å². The Morgan fingerprint density at radius 1 is 0.345 bits per heavy atom. The second-order valence-corrected chi connectivity index (χ2v) is 14.3. The summed E-state index contributed by atoms with van der Waals surface area (Å²) in [6.07, 6.45) is 3.84. The van der Waals surface area contributed by atoms with Crippen LogP contribution in [0, 0.1) is 0 Å². The molecule has 0 spiro atoms. The average Bonchev–Trinajstić information content (AvgIpc) is 3.59. The molecular weight excluding hydrogens is 665 g/mol. The Morgan fingerprint density at radius 3 is 1.60 bits per heavy atom. The van der Waals surface area contributed by atoms with Crippen molar-refractivity contribution < 1.29 is 0 Å². The molecular formula is C53H34N2. The van der Waals surface area contributed by atoms with Gasteiger partial charge in [-0.2, -0.15) is 0 Å². The minimum Gasteiger partial charge on any atom is -0.310 e. The van der Waals surface area contributed by atoms with E-state index in [1.165, 1.54) is 77.2 Å². The fraction of sp³-hybridized carbons (Fsp3) is 0. The molecule has 2 nitrogen and oxygen atoms in total. The molecule has 10 aromatic rings. The molecule has 0 saturated heterocycles. The summed E-state index contributed by atoms with van der Waals surface area (Å²) in [4.78, 5) is 6.88. The average molecular weight is 699 g/mol. The van der Waals surface area contributed by atoms with E-state index in [0.29, 0.717) is 0 Å². The number of pyridine rings is 1. The number of aromatic nitrogens is 1. The zero-order chi connectivity index (χ0) is 36.3. The van der Waals surface area contributed by atoms with E-state index < -0.39 is 0 Å². The van der Waals surface area contributed by atoms with Gasteiger partial charge in [0, 0.05) is 29.2 Å². The summed E-state index contributed by atoms with van der Waals surface area (Å²) in [7, 11) is 0. The zero-order valence-corrected chi connectivity index (χ0v) is 30.0. The van der Waals surface area contributed by atoms with E-state index in [2.05, 4.69) is 204 Å². The smallest absolute Gasteiger partial charge is 0.0555 e. The summed E-state index contributed by atoms with van der Waals surface area (Å²) in [5.41, 5.74) is 15.9. The topological polar surface area (TPSA) is 16.1 Å². The van der Waals surface area contributed by atoms with E-state index >= 15 is 0 Å². The maximum absolute atomic E-state index is 4.52. The fourth-order valence-corrected chi connectivity index (χ4v) is 8.97. The molecule has 256 valence electrons. The molecule has 11 rings (SSSR count). The van der Waals surface area contributed by atoms with Gasteiger partial charge in [0.2, 0.25) is 0 Å². The minimum atomic E-state index is 1.09. The molecule has 55 heavy (non-hydrogen) atoms. The SMILES string of the molecule is c1ccc(-c2c3c(c(-c4ccccc4)c4ccccc24)-c2ccc(-c4cccc(N(c5ccccc5)c5cccc6ccncc56)c4)c4cccc-3c24)cc1. The molecule has 1 aliphatic rings. The molecule has 0 N–H and O–H groups in total. The second-order valence-electron chi connectivity index (χ2n) is 14.3. The quantitative estimate of drug-likeness (QED) is 0.172. The molecule has 0 bridgehead atoms. The van der Waals surface area contributed by atoms with Gasteiger partial charge in [-0.1, -0.05) is 158 Å². The lowest BCUT2D eigenvalue weighted by atomic mass is 9.82. The molecule has 9 aromatic carbocycles. The Labute approximate surface area is 320 Å². The number of nitrogens with zero attached hydrogens (tertiary/aromatic N) is 2. The van der Waals surface area contributed by atoms with Crippen LogP contribution < -0.4 is 4.90 Å². The third kappa shape index (κ3) is 4.92. The number of hydrogen-bond acceptors (Lipinski definition) is 2. The normalized spacial score (nSPS) is 11.6. The van der Waals surface area contributed by atoms with Crippen LogP contribution in [0.3, 0.4) is 0 Å². The second kappa shape index (κ2) is 12.7. The molecule has 0 unspecified atom stereocenters. The van der Waals surface area contributed by atoms with Crippen LogP contribution >= 0.6 is 0 Å². The summed E-state index contributed by atoms with van der Waals surface area (Å²) in [6.45, 7) is 0.